The molecule has 120 valence electrons. The first-order chi connectivity index (χ1) is 11.3. The number of benzene rings is 1. The molecule has 2 heterocycles. The number of anilines is 1. The first kappa shape index (κ1) is 14.4. The summed E-state index contributed by atoms with van der Waals surface area (Å²) in [5.74, 6) is 1.81. The minimum Gasteiger partial charge on any atom is -0.381 e. The lowest BCUT2D eigenvalue weighted by Gasteiger charge is -2.21. The highest BCUT2D eigenvalue weighted by molar-refractivity contribution is 5.93. The summed E-state index contributed by atoms with van der Waals surface area (Å²) in [5.41, 5.74) is 1.61. The maximum Gasteiger partial charge on any atom is 0.230 e. The number of hydrogen-bond donors (Lipinski definition) is 1. The molecule has 23 heavy (non-hydrogen) atoms. The highest BCUT2D eigenvalue weighted by Crippen LogP contribution is 2.39. The Hall–Kier alpha value is -2.21. The number of nitrogens with one attached hydrogen (secondary N) is 1. The zero-order valence-corrected chi connectivity index (χ0v) is 12.8. The monoisotopic (exact) mass is 313 g/mol. The molecule has 1 aliphatic heterocycles. The molecule has 0 bridgehead atoms. The first-order valence-corrected chi connectivity index (χ1v) is 8.12. The van der Waals surface area contributed by atoms with Gasteiger partial charge in [-0.1, -0.05) is 17.3 Å². The van der Waals surface area contributed by atoms with Gasteiger partial charge in [-0.05, 0) is 37.8 Å². The molecule has 0 radical (unpaired) electrons. The van der Waals surface area contributed by atoms with Crippen LogP contribution in [-0.4, -0.2) is 29.3 Å². The lowest BCUT2D eigenvalue weighted by molar-refractivity contribution is -0.122. The summed E-state index contributed by atoms with van der Waals surface area (Å²) in [4.78, 5) is 16.7. The van der Waals surface area contributed by atoms with Crippen molar-refractivity contribution < 1.29 is 14.1 Å². The van der Waals surface area contributed by atoms with E-state index < -0.39 is 0 Å². The average molecular weight is 313 g/mol. The number of carbonyl (C=O) groups is 1. The zero-order valence-electron chi connectivity index (χ0n) is 12.8. The molecule has 1 N–H and O–H groups in total. The van der Waals surface area contributed by atoms with Crippen LogP contribution >= 0.6 is 0 Å². The fourth-order valence-electron chi connectivity index (χ4n) is 2.79. The van der Waals surface area contributed by atoms with Gasteiger partial charge in [0.25, 0.3) is 0 Å². The van der Waals surface area contributed by atoms with Crippen LogP contribution in [0.25, 0.3) is 11.4 Å². The Morgan fingerprint density at radius 3 is 2.78 bits per heavy atom. The summed E-state index contributed by atoms with van der Waals surface area (Å²) < 4.78 is 10.6. The lowest BCUT2D eigenvalue weighted by atomic mass is 9.99. The Balaban J connectivity index is 1.47. The number of ether oxygens (including phenoxy) is 1. The number of nitrogens with zero attached hydrogens (tertiary/aromatic N) is 2. The molecule has 0 atom stereocenters. The van der Waals surface area contributed by atoms with Crippen molar-refractivity contribution in [1.29, 1.82) is 0 Å². The van der Waals surface area contributed by atoms with Crippen LogP contribution in [0.1, 0.15) is 37.5 Å². The van der Waals surface area contributed by atoms with Crippen molar-refractivity contribution in [3.05, 3.63) is 30.2 Å². The van der Waals surface area contributed by atoms with Crippen molar-refractivity contribution in [2.75, 3.05) is 18.5 Å². The van der Waals surface area contributed by atoms with Crippen LogP contribution < -0.4 is 5.32 Å². The second-order valence-electron chi connectivity index (χ2n) is 6.19. The van der Waals surface area contributed by atoms with E-state index in [1.165, 1.54) is 0 Å². The summed E-state index contributed by atoms with van der Waals surface area (Å²) in [6, 6.07) is 7.58. The minimum atomic E-state index is 0.0269. The number of hydrogen-bond acceptors (Lipinski definition) is 5. The molecule has 6 nitrogen and oxygen atoms in total. The molecule has 1 saturated carbocycles. The minimum absolute atomic E-state index is 0.0269. The second-order valence-corrected chi connectivity index (χ2v) is 6.19. The summed E-state index contributed by atoms with van der Waals surface area (Å²) >= 11 is 0. The van der Waals surface area contributed by atoms with E-state index >= 15 is 0 Å². The van der Waals surface area contributed by atoms with Crippen molar-refractivity contribution in [1.82, 2.24) is 10.1 Å². The van der Waals surface area contributed by atoms with Gasteiger partial charge in [0.1, 0.15) is 0 Å². The smallest absolute Gasteiger partial charge is 0.230 e. The van der Waals surface area contributed by atoms with Gasteiger partial charge in [-0.25, -0.2) is 0 Å². The van der Waals surface area contributed by atoms with E-state index in [0.717, 1.165) is 42.8 Å². The summed E-state index contributed by atoms with van der Waals surface area (Å²) in [5, 5.41) is 7.03. The van der Waals surface area contributed by atoms with Crippen molar-refractivity contribution >= 4 is 11.6 Å². The van der Waals surface area contributed by atoms with Crippen LogP contribution in [0.3, 0.4) is 0 Å². The molecule has 2 aromatic rings. The highest BCUT2D eigenvalue weighted by Gasteiger charge is 2.29. The van der Waals surface area contributed by atoms with Crippen molar-refractivity contribution in [3.63, 3.8) is 0 Å². The van der Waals surface area contributed by atoms with E-state index in [2.05, 4.69) is 15.5 Å². The van der Waals surface area contributed by atoms with Crippen LogP contribution in [0.4, 0.5) is 5.69 Å². The molecule has 1 saturated heterocycles. The van der Waals surface area contributed by atoms with Crippen molar-refractivity contribution in [2.45, 2.75) is 31.6 Å². The van der Waals surface area contributed by atoms with Crippen LogP contribution in [0, 0.1) is 5.92 Å². The van der Waals surface area contributed by atoms with Gasteiger partial charge in [-0.3, -0.25) is 4.79 Å². The molecule has 1 aromatic heterocycles. The predicted octanol–water partition coefficient (Wildman–Crippen LogP) is 2.98. The standard InChI is InChI=1S/C17H19N3O3/c21-16(11-6-8-22-9-7-11)18-14-3-1-2-13(10-14)15-19-17(23-20-15)12-4-5-12/h1-3,10-12H,4-9H2,(H,18,21). The third kappa shape index (κ3) is 3.27. The Bertz CT molecular complexity index is 703. The van der Waals surface area contributed by atoms with E-state index in [1.54, 1.807) is 0 Å². The topological polar surface area (TPSA) is 77.3 Å². The maximum atomic E-state index is 12.3. The molecule has 2 aliphatic rings. The van der Waals surface area contributed by atoms with Gasteiger partial charge < -0.3 is 14.6 Å². The van der Waals surface area contributed by atoms with E-state index in [9.17, 15) is 4.79 Å². The van der Waals surface area contributed by atoms with Crippen LogP contribution in [0.5, 0.6) is 0 Å². The largest absolute Gasteiger partial charge is 0.381 e. The summed E-state index contributed by atoms with van der Waals surface area (Å²) in [7, 11) is 0. The molecule has 1 aromatic carbocycles. The molecule has 1 amide bonds. The van der Waals surface area contributed by atoms with Gasteiger partial charge >= 0.3 is 0 Å². The van der Waals surface area contributed by atoms with E-state index in [1.807, 2.05) is 24.3 Å². The second kappa shape index (κ2) is 6.12. The van der Waals surface area contributed by atoms with E-state index in [0.29, 0.717) is 25.0 Å². The Kier molecular flexibility index (Phi) is 3.83. The molecule has 6 heteroatoms. The Morgan fingerprint density at radius 2 is 2.00 bits per heavy atom. The third-order valence-electron chi connectivity index (χ3n) is 4.35. The first-order valence-electron chi connectivity index (χ1n) is 8.12. The van der Waals surface area contributed by atoms with E-state index in [4.69, 9.17) is 9.26 Å². The average Bonchev–Trinajstić information content (AvgIpc) is 3.33. The molecule has 0 unspecified atom stereocenters. The van der Waals surface area contributed by atoms with Crippen LogP contribution in [0.2, 0.25) is 0 Å². The van der Waals surface area contributed by atoms with Gasteiger partial charge in [0.15, 0.2) is 0 Å². The predicted molar refractivity (Wildman–Crippen MR) is 83.9 cm³/mol. The molecule has 4 rings (SSSR count). The molecule has 2 fully saturated rings. The normalized spacial score (nSPS) is 18.8. The van der Waals surface area contributed by atoms with Gasteiger partial charge in [0, 0.05) is 36.3 Å². The van der Waals surface area contributed by atoms with Crippen molar-refractivity contribution in [3.8, 4) is 11.4 Å². The summed E-state index contributed by atoms with van der Waals surface area (Å²) in [6.45, 7) is 1.32. The number of aromatic nitrogens is 2. The molecule has 0 spiro atoms. The van der Waals surface area contributed by atoms with Gasteiger partial charge in [0.05, 0.1) is 0 Å². The maximum absolute atomic E-state index is 12.3. The van der Waals surface area contributed by atoms with Gasteiger partial charge in [-0.2, -0.15) is 4.98 Å². The van der Waals surface area contributed by atoms with Gasteiger partial charge in [0.2, 0.25) is 17.6 Å². The summed E-state index contributed by atoms with van der Waals surface area (Å²) in [6.07, 6.45) is 3.81. The van der Waals surface area contributed by atoms with Crippen molar-refractivity contribution in [2.24, 2.45) is 5.92 Å². The fraction of sp³-hybridized carbons (Fsp3) is 0.471. The molecular weight excluding hydrogens is 294 g/mol. The fourth-order valence-corrected chi connectivity index (χ4v) is 2.79. The van der Waals surface area contributed by atoms with Gasteiger partial charge in [-0.15, -0.1) is 0 Å². The van der Waals surface area contributed by atoms with Crippen LogP contribution in [-0.2, 0) is 9.53 Å². The highest BCUT2D eigenvalue weighted by atomic mass is 16.5. The SMILES string of the molecule is O=C(Nc1cccc(-c2noc(C3CC3)n2)c1)C1CCOCC1. The van der Waals surface area contributed by atoms with Crippen LogP contribution in [0.15, 0.2) is 28.8 Å². The Morgan fingerprint density at radius 1 is 1.17 bits per heavy atom. The zero-order chi connectivity index (χ0) is 15.6. The Labute approximate surface area is 134 Å². The number of carbonyl (C=O) groups excluding carboxylic acids is 1. The molecule has 1 aliphatic carbocycles. The molecular formula is C17H19N3O3. The number of amides is 1. The third-order valence-corrected chi connectivity index (χ3v) is 4.35. The quantitative estimate of drug-likeness (QED) is 0.939. The lowest BCUT2D eigenvalue weighted by Crippen LogP contribution is -2.28. The number of rotatable bonds is 4. The van der Waals surface area contributed by atoms with E-state index in [-0.39, 0.29) is 11.8 Å².